The molecule has 0 radical (unpaired) electrons. The SMILES string of the molecule is Cc1cc(OCC(=O)O)ccc1NC(=O)CC(C)C1CCCCC1. The number of carboxylic acids is 1. The van der Waals surface area contributed by atoms with E-state index in [0.717, 1.165) is 11.3 Å². The molecule has 2 rings (SSSR count). The highest BCUT2D eigenvalue weighted by Crippen LogP contribution is 2.31. The fourth-order valence-corrected chi connectivity index (χ4v) is 3.37. The summed E-state index contributed by atoms with van der Waals surface area (Å²) >= 11 is 0. The number of carbonyl (C=O) groups is 2. The number of anilines is 1. The van der Waals surface area contributed by atoms with E-state index >= 15 is 0 Å². The molecule has 1 aliphatic rings. The Morgan fingerprint density at radius 2 is 2.00 bits per heavy atom. The van der Waals surface area contributed by atoms with Crippen LogP contribution in [0.15, 0.2) is 18.2 Å². The van der Waals surface area contributed by atoms with Crippen LogP contribution >= 0.6 is 0 Å². The lowest BCUT2D eigenvalue weighted by molar-refractivity contribution is -0.139. The summed E-state index contributed by atoms with van der Waals surface area (Å²) in [6, 6.07) is 5.18. The minimum Gasteiger partial charge on any atom is -0.482 e. The molecule has 24 heavy (non-hydrogen) atoms. The average Bonchev–Trinajstić information content (AvgIpc) is 2.56. The van der Waals surface area contributed by atoms with Crippen molar-refractivity contribution in [1.29, 1.82) is 0 Å². The van der Waals surface area contributed by atoms with Crippen LogP contribution in [0.5, 0.6) is 5.75 Å². The van der Waals surface area contributed by atoms with E-state index in [9.17, 15) is 9.59 Å². The first-order valence-electron chi connectivity index (χ1n) is 8.71. The number of hydrogen-bond donors (Lipinski definition) is 2. The van der Waals surface area contributed by atoms with Gasteiger partial charge >= 0.3 is 5.97 Å². The first kappa shape index (κ1) is 18.3. The van der Waals surface area contributed by atoms with Gasteiger partial charge in [-0.15, -0.1) is 0 Å². The van der Waals surface area contributed by atoms with Crippen LogP contribution in [0.3, 0.4) is 0 Å². The number of carbonyl (C=O) groups excluding carboxylic acids is 1. The van der Waals surface area contributed by atoms with Crippen molar-refractivity contribution < 1.29 is 19.4 Å². The number of hydrogen-bond acceptors (Lipinski definition) is 3. The lowest BCUT2D eigenvalue weighted by Gasteiger charge is -2.27. The normalized spacial score (nSPS) is 16.4. The second kappa shape index (κ2) is 8.71. The molecular formula is C19H27NO4. The molecule has 0 spiro atoms. The first-order valence-corrected chi connectivity index (χ1v) is 8.71. The molecule has 0 heterocycles. The molecule has 0 bridgehead atoms. The van der Waals surface area contributed by atoms with E-state index in [1.807, 2.05) is 6.92 Å². The van der Waals surface area contributed by atoms with Crippen molar-refractivity contribution in [1.82, 2.24) is 0 Å². The number of benzene rings is 1. The number of carboxylic acid groups (broad SMARTS) is 1. The second-order valence-electron chi connectivity index (χ2n) is 6.79. The maximum atomic E-state index is 12.3. The van der Waals surface area contributed by atoms with E-state index in [-0.39, 0.29) is 12.5 Å². The van der Waals surface area contributed by atoms with Crippen LogP contribution in [0, 0.1) is 18.8 Å². The van der Waals surface area contributed by atoms with Crippen LogP contribution in [-0.2, 0) is 9.59 Å². The van der Waals surface area contributed by atoms with E-state index in [2.05, 4.69) is 12.2 Å². The molecule has 1 aromatic carbocycles. The Morgan fingerprint density at radius 3 is 2.62 bits per heavy atom. The maximum Gasteiger partial charge on any atom is 0.341 e. The Balaban J connectivity index is 1.87. The molecule has 1 saturated carbocycles. The fraction of sp³-hybridized carbons (Fsp3) is 0.579. The van der Waals surface area contributed by atoms with Gasteiger partial charge < -0.3 is 15.2 Å². The van der Waals surface area contributed by atoms with Gasteiger partial charge in [0, 0.05) is 12.1 Å². The van der Waals surface area contributed by atoms with Crippen LogP contribution in [-0.4, -0.2) is 23.6 Å². The van der Waals surface area contributed by atoms with Crippen molar-refractivity contribution in [2.75, 3.05) is 11.9 Å². The maximum absolute atomic E-state index is 12.3. The highest BCUT2D eigenvalue weighted by molar-refractivity contribution is 5.91. The minimum atomic E-state index is -1.01. The molecule has 1 amide bonds. The zero-order valence-electron chi connectivity index (χ0n) is 14.5. The van der Waals surface area contributed by atoms with Gasteiger partial charge in [-0.1, -0.05) is 39.0 Å². The molecule has 1 unspecified atom stereocenters. The monoisotopic (exact) mass is 333 g/mol. The number of aliphatic carboxylic acids is 1. The highest BCUT2D eigenvalue weighted by Gasteiger charge is 2.22. The first-order chi connectivity index (χ1) is 11.5. The van der Waals surface area contributed by atoms with Gasteiger partial charge in [0.25, 0.3) is 0 Å². The van der Waals surface area contributed by atoms with E-state index in [1.54, 1.807) is 18.2 Å². The Bertz CT molecular complexity index is 579. The molecule has 0 aliphatic heterocycles. The van der Waals surface area contributed by atoms with Crippen molar-refractivity contribution >= 4 is 17.6 Å². The smallest absolute Gasteiger partial charge is 0.341 e. The zero-order chi connectivity index (χ0) is 17.5. The van der Waals surface area contributed by atoms with Crippen molar-refractivity contribution in [2.24, 2.45) is 11.8 Å². The van der Waals surface area contributed by atoms with Gasteiger partial charge in [0.15, 0.2) is 6.61 Å². The van der Waals surface area contributed by atoms with E-state index in [1.165, 1.54) is 32.1 Å². The molecule has 1 fully saturated rings. The fourth-order valence-electron chi connectivity index (χ4n) is 3.37. The summed E-state index contributed by atoms with van der Waals surface area (Å²) in [4.78, 5) is 22.8. The van der Waals surface area contributed by atoms with Gasteiger partial charge in [0.05, 0.1) is 0 Å². The Hall–Kier alpha value is -2.04. The zero-order valence-corrected chi connectivity index (χ0v) is 14.5. The molecule has 5 nitrogen and oxygen atoms in total. The molecule has 0 aromatic heterocycles. The summed E-state index contributed by atoms with van der Waals surface area (Å²) in [6.45, 7) is 3.67. The van der Waals surface area contributed by atoms with Crippen LogP contribution < -0.4 is 10.1 Å². The number of rotatable bonds is 7. The van der Waals surface area contributed by atoms with Crippen molar-refractivity contribution in [3.63, 3.8) is 0 Å². The topological polar surface area (TPSA) is 75.6 Å². The van der Waals surface area contributed by atoms with Gasteiger partial charge in [-0.25, -0.2) is 4.79 Å². The Kier molecular flexibility index (Phi) is 6.64. The molecule has 132 valence electrons. The second-order valence-corrected chi connectivity index (χ2v) is 6.79. The lowest BCUT2D eigenvalue weighted by atomic mass is 9.79. The van der Waals surface area contributed by atoms with Gasteiger partial charge in [-0.2, -0.15) is 0 Å². The Labute approximate surface area is 143 Å². The third-order valence-electron chi connectivity index (χ3n) is 4.80. The van der Waals surface area contributed by atoms with E-state index < -0.39 is 5.97 Å². The van der Waals surface area contributed by atoms with Crippen molar-refractivity contribution in [3.8, 4) is 5.75 Å². The van der Waals surface area contributed by atoms with Crippen molar-refractivity contribution in [2.45, 2.75) is 52.4 Å². The summed E-state index contributed by atoms with van der Waals surface area (Å²) in [6.07, 6.45) is 6.92. The standard InChI is InChI=1S/C19H27NO4/c1-13(15-6-4-3-5-7-15)11-18(21)20-17-9-8-16(10-14(17)2)24-12-19(22)23/h8-10,13,15H,3-7,11-12H2,1-2H3,(H,20,21)(H,22,23). The molecular weight excluding hydrogens is 306 g/mol. The molecule has 1 aliphatic carbocycles. The van der Waals surface area contributed by atoms with Crippen LogP contribution in [0.2, 0.25) is 0 Å². The minimum absolute atomic E-state index is 0.0374. The van der Waals surface area contributed by atoms with E-state index in [0.29, 0.717) is 24.0 Å². The molecule has 2 N–H and O–H groups in total. The summed E-state index contributed by atoms with van der Waals surface area (Å²) in [5, 5.41) is 11.6. The van der Waals surface area contributed by atoms with Gasteiger partial charge in [0.2, 0.25) is 5.91 Å². The molecule has 0 saturated heterocycles. The average molecular weight is 333 g/mol. The quantitative estimate of drug-likeness (QED) is 0.790. The Morgan fingerprint density at radius 1 is 1.29 bits per heavy atom. The largest absolute Gasteiger partial charge is 0.482 e. The number of nitrogens with one attached hydrogen (secondary N) is 1. The van der Waals surface area contributed by atoms with Gasteiger partial charge in [-0.05, 0) is 42.5 Å². The summed E-state index contributed by atoms with van der Waals surface area (Å²) in [5.41, 5.74) is 1.61. The predicted molar refractivity (Wildman–Crippen MR) is 93.3 cm³/mol. The summed E-state index contributed by atoms with van der Waals surface area (Å²) in [7, 11) is 0. The van der Waals surface area contributed by atoms with Crippen LogP contribution in [0.25, 0.3) is 0 Å². The third-order valence-corrected chi connectivity index (χ3v) is 4.80. The van der Waals surface area contributed by atoms with Crippen LogP contribution in [0.4, 0.5) is 5.69 Å². The number of amides is 1. The number of ether oxygens (including phenoxy) is 1. The van der Waals surface area contributed by atoms with E-state index in [4.69, 9.17) is 9.84 Å². The van der Waals surface area contributed by atoms with Gasteiger partial charge in [-0.3, -0.25) is 4.79 Å². The number of aryl methyl sites for hydroxylation is 1. The summed E-state index contributed by atoms with van der Waals surface area (Å²) in [5.74, 6) is 0.585. The summed E-state index contributed by atoms with van der Waals surface area (Å²) < 4.78 is 5.14. The predicted octanol–water partition coefficient (Wildman–Crippen LogP) is 4.00. The third kappa shape index (κ3) is 5.55. The molecule has 5 heteroatoms. The molecule has 1 aromatic rings. The van der Waals surface area contributed by atoms with Crippen molar-refractivity contribution in [3.05, 3.63) is 23.8 Å². The van der Waals surface area contributed by atoms with Gasteiger partial charge in [0.1, 0.15) is 5.75 Å². The van der Waals surface area contributed by atoms with Crippen LogP contribution in [0.1, 0.15) is 51.0 Å². The highest BCUT2D eigenvalue weighted by atomic mass is 16.5. The lowest BCUT2D eigenvalue weighted by Crippen LogP contribution is -2.22. The molecule has 1 atom stereocenters.